The minimum absolute atomic E-state index is 0.0235. The lowest BCUT2D eigenvalue weighted by Crippen LogP contribution is -2.41. The van der Waals surface area contributed by atoms with Gasteiger partial charge in [0.1, 0.15) is 5.15 Å². The molecule has 0 saturated carbocycles. The van der Waals surface area contributed by atoms with Crippen molar-refractivity contribution in [1.29, 1.82) is 0 Å². The molecule has 100 valence electrons. The third-order valence-corrected chi connectivity index (χ3v) is 4.60. The Labute approximate surface area is 115 Å². The molecule has 2 heterocycles. The summed E-state index contributed by atoms with van der Waals surface area (Å²) in [5, 5.41) is 0.202. The average molecular weight is 289 g/mol. The molecule has 1 aromatic heterocycles. The molecule has 1 fully saturated rings. The van der Waals surface area contributed by atoms with Crippen LogP contribution < -0.4 is 11.2 Å². The zero-order chi connectivity index (χ0) is 13.1. The van der Waals surface area contributed by atoms with E-state index >= 15 is 0 Å². The third kappa shape index (κ3) is 2.67. The molecule has 0 atom stereocenters. The van der Waals surface area contributed by atoms with Gasteiger partial charge in [0.15, 0.2) is 0 Å². The summed E-state index contributed by atoms with van der Waals surface area (Å²) in [6.07, 6.45) is 3.19. The summed E-state index contributed by atoms with van der Waals surface area (Å²) in [4.78, 5) is 26.9. The van der Waals surface area contributed by atoms with Crippen LogP contribution in [0.3, 0.4) is 0 Å². The van der Waals surface area contributed by atoms with Crippen molar-refractivity contribution in [2.24, 2.45) is 0 Å². The predicted molar refractivity (Wildman–Crippen MR) is 75.9 cm³/mol. The Morgan fingerprint density at radius 3 is 2.67 bits per heavy atom. The lowest BCUT2D eigenvalue weighted by atomic mass is 10.1. The molecular weight excluding hydrogens is 272 g/mol. The number of nitrogens with zero attached hydrogens (tertiary/aromatic N) is 1. The molecule has 1 N–H and O–H groups in total. The fourth-order valence-corrected chi connectivity index (χ4v) is 3.64. The molecule has 0 unspecified atom stereocenters. The smallest absolute Gasteiger partial charge is 0.297 e. The molecule has 1 aromatic rings. The predicted octanol–water partition coefficient (Wildman–Crippen LogP) is 2.21. The van der Waals surface area contributed by atoms with Gasteiger partial charge in [-0.1, -0.05) is 24.9 Å². The highest BCUT2D eigenvalue weighted by molar-refractivity contribution is 7.99. The minimum Gasteiger partial charge on any atom is -0.297 e. The maximum Gasteiger partial charge on any atom is 0.329 e. The third-order valence-electron chi connectivity index (χ3n) is 3.23. The fraction of sp³-hybridized carbons (Fsp3) is 0.667. The summed E-state index contributed by atoms with van der Waals surface area (Å²) in [5.41, 5.74) is -0.0405. The minimum atomic E-state index is -0.373. The normalized spacial score (nSPS) is 17.0. The van der Waals surface area contributed by atoms with E-state index in [-0.39, 0.29) is 22.4 Å². The summed E-state index contributed by atoms with van der Waals surface area (Å²) in [6.45, 7) is 1.99. The molecule has 0 bridgehead atoms. The van der Waals surface area contributed by atoms with E-state index in [1.807, 2.05) is 18.7 Å². The highest BCUT2D eigenvalue weighted by atomic mass is 35.5. The quantitative estimate of drug-likeness (QED) is 0.868. The van der Waals surface area contributed by atoms with Crippen molar-refractivity contribution in [2.45, 2.75) is 38.6 Å². The SMILES string of the molecule is CCCc1c(Cl)[nH]c(=O)n(C2CCSCC2)c1=O. The molecule has 0 spiro atoms. The van der Waals surface area contributed by atoms with Crippen LogP contribution in [0.2, 0.25) is 5.15 Å². The van der Waals surface area contributed by atoms with E-state index in [1.165, 1.54) is 4.57 Å². The van der Waals surface area contributed by atoms with E-state index in [2.05, 4.69) is 4.98 Å². The van der Waals surface area contributed by atoms with E-state index in [1.54, 1.807) is 0 Å². The maximum atomic E-state index is 12.4. The number of aromatic nitrogens is 2. The van der Waals surface area contributed by atoms with Gasteiger partial charge in [-0.2, -0.15) is 11.8 Å². The van der Waals surface area contributed by atoms with Crippen molar-refractivity contribution in [1.82, 2.24) is 9.55 Å². The van der Waals surface area contributed by atoms with Crippen LogP contribution in [0.5, 0.6) is 0 Å². The van der Waals surface area contributed by atoms with Gasteiger partial charge in [-0.3, -0.25) is 14.3 Å². The molecule has 0 aromatic carbocycles. The molecule has 1 aliphatic heterocycles. The topological polar surface area (TPSA) is 54.9 Å². The second-order valence-electron chi connectivity index (χ2n) is 4.49. The lowest BCUT2D eigenvalue weighted by Gasteiger charge is -2.23. The van der Waals surface area contributed by atoms with Crippen LogP contribution in [-0.4, -0.2) is 21.1 Å². The number of thioether (sulfide) groups is 1. The van der Waals surface area contributed by atoms with E-state index in [0.717, 1.165) is 30.8 Å². The van der Waals surface area contributed by atoms with E-state index in [0.29, 0.717) is 12.0 Å². The first-order valence-electron chi connectivity index (χ1n) is 6.26. The number of hydrogen-bond acceptors (Lipinski definition) is 3. The van der Waals surface area contributed by atoms with Crippen LogP contribution >= 0.6 is 23.4 Å². The van der Waals surface area contributed by atoms with E-state index in [9.17, 15) is 9.59 Å². The van der Waals surface area contributed by atoms with Gasteiger partial charge in [0.25, 0.3) is 5.56 Å². The standard InChI is InChI=1S/C12H17ClN2O2S/c1-2-3-9-10(13)14-12(17)15(11(9)16)8-4-6-18-7-5-8/h8H,2-7H2,1H3,(H,14,17). The average Bonchev–Trinajstić information content (AvgIpc) is 2.35. The van der Waals surface area contributed by atoms with Gasteiger partial charge < -0.3 is 0 Å². The molecule has 6 heteroatoms. The first-order chi connectivity index (χ1) is 8.65. The Morgan fingerprint density at radius 1 is 1.39 bits per heavy atom. The summed E-state index contributed by atoms with van der Waals surface area (Å²) < 4.78 is 1.37. The molecule has 1 aliphatic rings. The molecule has 18 heavy (non-hydrogen) atoms. The van der Waals surface area contributed by atoms with Crippen LogP contribution in [0, 0.1) is 0 Å². The van der Waals surface area contributed by atoms with Gasteiger partial charge in [-0.15, -0.1) is 0 Å². The van der Waals surface area contributed by atoms with Gasteiger partial charge in [-0.25, -0.2) is 4.79 Å². The molecular formula is C12H17ClN2O2S. The van der Waals surface area contributed by atoms with Gasteiger partial charge >= 0.3 is 5.69 Å². The van der Waals surface area contributed by atoms with Crippen molar-refractivity contribution in [3.8, 4) is 0 Å². The Hall–Kier alpha value is -0.680. The zero-order valence-electron chi connectivity index (χ0n) is 10.4. The summed E-state index contributed by atoms with van der Waals surface area (Å²) in [7, 11) is 0. The number of halogens is 1. The van der Waals surface area contributed by atoms with Crippen LogP contribution in [0.1, 0.15) is 37.8 Å². The van der Waals surface area contributed by atoms with Gasteiger partial charge in [0, 0.05) is 6.04 Å². The Bertz CT molecular complexity index is 532. The van der Waals surface area contributed by atoms with Crippen molar-refractivity contribution in [3.63, 3.8) is 0 Å². The summed E-state index contributed by atoms with van der Waals surface area (Å²) in [6, 6.07) is 0.0235. The van der Waals surface area contributed by atoms with Gasteiger partial charge in [0.05, 0.1) is 5.56 Å². The Kier molecular flexibility index (Phi) is 4.56. The van der Waals surface area contributed by atoms with Crippen LogP contribution in [0.4, 0.5) is 0 Å². The number of aromatic amines is 1. The highest BCUT2D eigenvalue weighted by Gasteiger charge is 2.21. The molecule has 0 aliphatic carbocycles. The fourth-order valence-electron chi connectivity index (χ4n) is 2.30. The summed E-state index contributed by atoms with van der Waals surface area (Å²) in [5.74, 6) is 2.00. The van der Waals surface area contributed by atoms with Crippen molar-refractivity contribution < 1.29 is 0 Å². The zero-order valence-corrected chi connectivity index (χ0v) is 11.9. The van der Waals surface area contributed by atoms with E-state index in [4.69, 9.17) is 11.6 Å². The first kappa shape index (κ1) is 13.7. The lowest BCUT2D eigenvalue weighted by molar-refractivity contribution is 0.434. The van der Waals surface area contributed by atoms with Crippen molar-refractivity contribution >= 4 is 23.4 Å². The highest BCUT2D eigenvalue weighted by Crippen LogP contribution is 2.25. The largest absolute Gasteiger partial charge is 0.329 e. The van der Waals surface area contributed by atoms with Gasteiger partial charge in [0.2, 0.25) is 0 Å². The maximum absolute atomic E-state index is 12.4. The van der Waals surface area contributed by atoms with Crippen LogP contribution in [0.15, 0.2) is 9.59 Å². The number of nitrogens with one attached hydrogen (secondary N) is 1. The molecule has 0 amide bonds. The monoisotopic (exact) mass is 288 g/mol. The second-order valence-corrected chi connectivity index (χ2v) is 6.09. The number of hydrogen-bond donors (Lipinski definition) is 1. The molecule has 2 rings (SSSR count). The number of H-pyrrole nitrogens is 1. The first-order valence-corrected chi connectivity index (χ1v) is 7.79. The van der Waals surface area contributed by atoms with Gasteiger partial charge in [-0.05, 0) is 30.8 Å². The van der Waals surface area contributed by atoms with Crippen molar-refractivity contribution in [2.75, 3.05) is 11.5 Å². The Balaban J connectivity index is 2.49. The van der Waals surface area contributed by atoms with Crippen LogP contribution in [-0.2, 0) is 6.42 Å². The van der Waals surface area contributed by atoms with E-state index < -0.39 is 0 Å². The molecule has 0 radical (unpaired) electrons. The Morgan fingerprint density at radius 2 is 2.06 bits per heavy atom. The number of rotatable bonds is 3. The second kappa shape index (κ2) is 5.97. The van der Waals surface area contributed by atoms with Crippen molar-refractivity contribution in [3.05, 3.63) is 31.6 Å². The van der Waals surface area contributed by atoms with Crippen LogP contribution in [0.25, 0.3) is 0 Å². The molecule has 1 saturated heterocycles. The molecule has 4 nitrogen and oxygen atoms in total. The summed E-state index contributed by atoms with van der Waals surface area (Å²) >= 11 is 7.82.